The smallest absolute Gasteiger partial charge is 0.224 e. The quantitative estimate of drug-likeness (QED) is 0.598. The van der Waals surface area contributed by atoms with Crippen LogP contribution in [0.3, 0.4) is 0 Å². The number of methoxy groups -OCH3 is 2. The zero-order valence-corrected chi connectivity index (χ0v) is 16.8. The van der Waals surface area contributed by atoms with Gasteiger partial charge in [0.05, 0.1) is 20.1 Å². The summed E-state index contributed by atoms with van der Waals surface area (Å²) in [5.74, 6) is 1.93. The van der Waals surface area contributed by atoms with Gasteiger partial charge in [-0.05, 0) is 29.7 Å². The van der Waals surface area contributed by atoms with Gasteiger partial charge in [0.25, 0.3) is 0 Å². The van der Waals surface area contributed by atoms with Crippen molar-refractivity contribution in [3.63, 3.8) is 0 Å². The topological polar surface area (TPSA) is 86.5 Å². The van der Waals surface area contributed by atoms with Crippen LogP contribution in [-0.2, 0) is 11.2 Å². The molecule has 0 saturated heterocycles. The third-order valence-corrected chi connectivity index (χ3v) is 4.62. The average Bonchev–Trinajstić information content (AvgIpc) is 3.18. The molecule has 1 N–H and O–H groups in total. The molecule has 0 aliphatic rings. The van der Waals surface area contributed by atoms with Crippen molar-refractivity contribution in [3.8, 4) is 11.5 Å². The summed E-state index contributed by atoms with van der Waals surface area (Å²) in [6, 6.07) is 15.5. The highest BCUT2D eigenvalue weighted by molar-refractivity contribution is 5.77. The van der Waals surface area contributed by atoms with Crippen molar-refractivity contribution in [2.24, 2.45) is 0 Å². The van der Waals surface area contributed by atoms with Crippen molar-refractivity contribution < 1.29 is 18.7 Å². The minimum atomic E-state index is -0.279. The van der Waals surface area contributed by atoms with Crippen LogP contribution in [0.2, 0.25) is 0 Å². The maximum Gasteiger partial charge on any atom is 0.224 e. The van der Waals surface area contributed by atoms with E-state index in [4.69, 9.17) is 13.9 Å². The molecule has 1 aromatic heterocycles. The van der Waals surface area contributed by atoms with Gasteiger partial charge in [0.15, 0.2) is 11.5 Å². The molecule has 29 heavy (non-hydrogen) atoms. The number of aromatic nitrogens is 2. The van der Waals surface area contributed by atoms with Crippen LogP contribution in [0.5, 0.6) is 11.5 Å². The van der Waals surface area contributed by atoms with Crippen molar-refractivity contribution in [1.82, 2.24) is 15.5 Å². The van der Waals surface area contributed by atoms with E-state index in [2.05, 4.69) is 15.5 Å². The summed E-state index contributed by atoms with van der Waals surface area (Å²) in [6.07, 6.45) is 0.916. The van der Waals surface area contributed by atoms with Crippen LogP contribution in [0.4, 0.5) is 0 Å². The molecule has 2 aromatic carbocycles. The van der Waals surface area contributed by atoms with Gasteiger partial charge in [-0.3, -0.25) is 4.79 Å². The van der Waals surface area contributed by atoms with Crippen LogP contribution >= 0.6 is 0 Å². The van der Waals surface area contributed by atoms with Gasteiger partial charge in [-0.15, -0.1) is 10.2 Å². The largest absolute Gasteiger partial charge is 0.493 e. The standard InChI is InChI=1S/C22H25N3O4/c1-15-24-25-22(29-15)18(17-7-5-4-6-8-17)14-21(26)23-12-11-16-9-10-19(27-2)20(13-16)28-3/h4-10,13,18H,11-12,14H2,1-3H3,(H,23,26). The zero-order chi connectivity index (χ0) is 20.6. The van der Waals surface area contributed by atoms with Crippen molar-refractivity contribution in [2.45, 2.75) is 25.7 Å². The lowest BCUT2D eigenvalue weighted by molar-refractivity contribution is -0.121. The van der Waals surface area contributed by atoms with Gasteiger partial charge in [-0.25, -0.2) is 0 Å². The molecule has 1 amide bonds. The van der Waals surface area contributed by atoms with Crippen LogP contribution < -0.4 is 14.8 Å². The second kappa shape index (κ2) is 9.73. The predicted octanol–water partition coefficient (Wildman–Crippen LogP) is 3.28. The highest BCUT2D eigenvalue weighted by atomic mass is 16.5. The van der Waals surface area contributed by atoms with Gasteiger partial charge in [0.1, 0.15) is 0 Å². The number of amides is 1. The number of nitrogens with zero attached hydrogens (tertiary/aromatic N) is 2. The minimum Gasteiger partial charge on any atom is -0.493 e. The highest BCUT2D eigenvalue weighted by Gasteiger charge is 2.23. The second-order valence-electron chi connectivity index (χ2n) is 6.62. The SMILES string of the molecule is COc1ccc(CCNC(=O)CC(c2ccccc2)c2nnc(C)o2)cc1OC. The fraction of sp³-hybridized carbons (Fsp3) is 0.318. The Hall–Kier alpha value is -3.35. The first-order chi connectivity index (χ1) is 14.1. The fourth-order valence-electron chi connectivity index (χ4n) is 3.13. The minimum absolute atomic E-state index is 0.0739. The van der Waals surface area contributed by atoms with Crippen LogP contribution in [0.25, 0.3) is 0 Å². The monoisotopic (exact) mass is 395 g/mol. The lowest BCUT2D eigenvalue weighted by atomic mass is 9.95. The maximum absolute atomic E-state index is 12.6. The molecule has 0 spiro atoms. The number of nitrogens with one attached hydrogen (secondary N) is 1. The normalized spacial score (nSPS) is 11.7. The van der Waals surface area contributed by atoms with E-state index >= 15 is 0 Å². The number of carbonyl (C=O) groups excluding carboxylic acids is 1. The number of hydrogen-bond acceptors (Lipinski definition) is 6. The average molecular weight is 395 g/mol. The second-order valence-corrected chi connectivity index (χ2v) is 6.62. The Morgan fingerprint density at radius 2 is 1.83 bits per heavy atom. The number of hydrogen-bond donors (Lipinski definition) is 1. The summed E-state index contributed by atoms with van der Waals surface area (Å²) in [5.41, 5.74) is 2.02. The predicted molar refractivity (Wildman–Crippen MR) is 108 cm³/mol. The van der Waals surface area contributed by atoms with Crippen LogP contribution in [0, 0.1) is 6.92 Å². The molecule has 0 saturated carbocycles. The van der Waals surface area contributed by atoms with Crippen LogP contribution in [0.15, 0.2) is 52.9 Å². The van der Waals surface area contributed by atoms with E-state index in [0.29, 0.717) is 36.2 Å². The number of benzene rings is 2. The molecular weight excluding hydrogens is 370 g/mol. The molecule has 0 aliphatic carbocycles. The molecule has 0 aliphatic heterocycles. The molecule has 3 rings (SSSR count). The molecule has 1 heterocycles. The molecule has 152 valence electrons. The molecule has 3 aromatic rings. The van der Waals surface area contributed by atoms with Gasteiger partial charge >= 0.3 is 0 Å². The lowest BCUT2D eigenvalue weighted by Gasteiger charge is -2.14. The van der Waals surface area contributed by atoms with Gasteiger partial charge in [0.2, 0.25) is 17.7 Å². The summed E-state index contributed by atoms with van der Waals surface area (Å²) in [6.45, 7) is 2.25. The Morgan fingerprint density at radius 1 is 1.07 bits per heavy atom. The van der Waals surface area contributed by atoms with Crippen molar-refractivity contribution >= 4 is 5.91 Å². The number of rotatable bonds is 9. The summed E-state index contributed by atoms with van der Waals surface area (Å²) in [4.78, 5) is 12.6. The van der Waals surface area contributed by atoms with E-state index in [9.17, 15) is 4.79 Å². The summed E-state index contributed by atoms with van der Waals surface area (Å²) in [7, 11) is 3.21. The van der Waals surface area contributed by atoms with E-state index in [1.165, 1.54) is 0 Å². The highest BCUT2D eigenvalue weighted by Crippen LogP contribution is 2.28. The van der Waals surface area contributed by atoms with Gasteiger partial charge in [-0.1, -0.05) is 36.4 Å². The molecule has 1 unspecified atom stereocenters. The summed E-state index contributed by atoms with van der Waals surface area (Å²) >= 11 is 0. The first kappa shape index (κ1) is 20.4. The van der Waals surface area contributed by atoms with Gasteiger partial charge < -0.3 is 19.2 Å². The van der Waals surface area contributed by atoms with E-state index in [0.717, 1.165) is 11.1 Å². The Kier molecular flexibility index (Phi) is 6.84. The van der Waals surface area contributed by atoms with E-state index in [-0.39, 0.29) is 18.2 Å². The third kappa shape index (κ3) is 5.34. The Labute approximate surface area is 170 Å². The summed E-state index contributed by atoms with van der Waals surface area (Å²) in [5, 5.41) is 11.0. The Bertz CT molecular complexity index is 940. The Morgan fingerprint density at radius 3 is 2.48 bits per heavy atom. The molecule has 7 heteroatoms. The van der Waals surface area contributed by atoms with Crippen molar-refractivity contribution in [1.29, 1.82) is 0 Å². The van der Waals surface area contributed by atoms with Gasteiger partial charge in [0, 0.05) is 19.9 Å². The van der Waals surface area contributed by atoms with E-state index in [1.807, 2.05) is 48.5 Å². The molecule has 1 atom stereocenters. The molecular formula is C22H25N3O4. The van der Waals surface area contributed by atoms with Gasteiger partial charge in [-0.2, -0.15) is 0 Å². The number of ether oxygens (including phenoxy) is 2. The molecule has 0 radical (unpaired) electrons. The van der Waals surface area contributed by atoms with Crippen LogP contribution in [0.1, 0.15) is 35.2 Å². The van der Waals surface area contributed by atoms with E-state index < -0.39 is 0 Å². The third-order valence-electron chi connectivity index (χ3n) is 4.62. The lowest BCUT2D eigenvalue weighted by Crippen LogP contribution is -2.27. The maximum atomic E-state index is 12.6. The number of aryl methyl sites for hydroxylation is 1. The number of carbonyl (C=O) groups is 1. The molecule has 0 bridgehead atoms. The first-order valence-corrected chi connectivity index (χ1v) is 9.43. The molecule has 0 fully saturated rings. The van der Waals surface area contributed by atoms with Crippen LogP contribution in [-0.4, -0.2) is 36.9 Å². The first-order valence-electron chi connectivity index (χ1n) is 9.43. The molecule has 7 nitrogen and oxygen atoms in total. The fourth-order valence-corrected chi connectivity index (χ4v) is 3.13. The Balaban J connectivity index is 1.61. The van der Waals surface area contributed by atoms with Crippen molar-refractivity contribution in [3.05, 3.63) is 71.4 Å². The van der Waals surface area contributed by atoms with Crippen molar-refractivity contribution in [2.75, 3.05) is 20.8 Å². The summed E-state index contributed by atoms with van der Waals surface area (Å²) < 4.78 is 16.2. The zero-order valence-electron chi connectivity index (χ0n) is 16.8. The van der Waals surface area contributed by atoms with E-state index in [1.54, 1.807) is 21.1 Å².